The maximum absolute atomic E-state index is 11.7. The van der Waals surface area contributed by atoms with E-state index in [0.29, 0.717) is 0 Å². The molecule has 1 aromatic carbocycles. The number of carbonyl (C=O) groups is 1. The quantitative estimate of drug-likeness (QED) is 0.830. The van der Waals surface area contributed by atoms with Crippen LogP contribution in [0.2, 0.25) is 0 Å². The van der Waals surface area contributed by atoms with Crippen LogP contribution in [0, 0.1) is 0 Å². The topological polar surface area (TPSA) is 85.8 Å². The lowest BCUT2D eigenvalue weighted by Crippen LogP contribution is -2.37. The molecule has 0 saturated heterocycles. The van der Waals surface area contributed by atoms with Crippen molar-refractivity contribution in [2.45, 2.75) is 18.4 Å². The van der Waals surface area contributed by atoms with Crippen LogP contribution in [0.5, 0.6) is 0 Å². The Morgan fingerprint density at radius 2 is 2.06 bits per heavy atom. The summed E-state index contributed by atoms with van der Waals surface area (Å²) < 4.78 is 1.65. The summed E-state index contributed by atoms with van der Waals surface area (Å²) in [6, 6.07) is 7.36. The number of nitrogens with two attached hydrogens (primary N) is 1. The second-order valence-corrected chi connectivity index (χ2v) is 4.50. The number of hydrogen-bond acceptors (Lipinski definition) is 4. The monoisotopic (exact) mass is 243 g/mol. The number of benzene rings is 1. The van der Waals surface area contributed by atoms with Gasteiger partial charge in [0.25, 0.3) is 0 Å². The lowest BCUT2D eigenvalue weighted by molar-refractivity contribution is -0.118. The highest BCUT2D eigenvalue weighted by molar-refractivity contribution is 6.00. The van der Waals surface area contributed by atoms with Crippen molar-refractivity contribution in [2.24, 2.45) is 5.73 Å². The number of nitrogens with zero attached hydrogens (tertiary/aromatic N) is 3. The van der Waals surface area contributed by atoms with E-state index in [0.717, 1.165) is 24.2 Å². The third kappa shape index (κ3) is 1.98. The van der Waals surface area contributed by atoms with E-state index < -0.39 is 5.54 Å². The summed E-state index contributed by atoms with van der Waals surface area (Å²) in [7, 11) is 0. The zero-order chi connectivity index (χ0) is 12.6. The number of amides is 1. The molecule has 2 aromatic rings. The van der Waals surface area contributed by atoms with Crippen molar-refractivity contribution in [1.29, 1.82) is 0 Å². The Labute approximate surface area is 104 Å². The van der Waals surface area contributed by atoms with Crippen LogP contribution in [0.25, 0.3) is 5.69 Å². The Kier molecular flexibility index (Phi) is 2.38. The van der Waals surface area contributed by atoms with Gasteiger partial charge in [0.1, 0.15) is 12.7 Å². The molecule has 0 aliphatic heterocycles. The molecular formula is C12H13N5O. The van der Waals surface area contributed by atoms with Crippen molar-refractivity contribution in [3.05, 3.63) is 36.9 Å². The number of hydrogen-bond donors (Lipinski definition) is 2. The first-order chi connectivity index (χ1) is 8.67. The zero-order valence-corrected chi connectivity index (χ0v) is 9.71. The van der Waals surface area contributed by atoms with Crippen molar-refractivity contribution >= 4 is 11.6 Å². The van der Waals surface area contributed by atoms with Gasteiger partial charge in [-0.3, -0.25) is 4.79 Å². The lowest BCUT2D eigenvalue weighted by Gasteiger charge is -2.10. The van der Waals surface area contributed by atoms with Gasteiger partial charge in [0.15, 0.2) is 0 Å². The van der Waals surface area contributed by atoms with E-state index in [1.54, 1.807) is 11.0 Å². The average molecular weight is 243 g/mol. The highest BCUT2D eigenvalue weighted by atomic mass is 16.2. The smallest absolute Gasteiger partial charge is 0.244 e. The van der Waals surface area contributed by atoms with E-state index in [1.165, 1.54) is 6.33 Å². The summed E-state index contributed by atoms with van der Waals surface area (Å²) in [5, 5.41) is 6.83. The van der Waals surface area contributed by atoms with Gasteiger partial charge in [-0.2, -0.15) is 5.10 Å². The van der Waals surface area contributed by atoms with Crippen LogP contribution < -0.4 is 11.1 Å². The van der Waals surface area contributed by atoms with Crippen LogP contribution in [-0.4, -0.2) is 26.2 Å². The summed E-state index contributed by atoms with van der Waals surface area (Å²) in [4.78, 5) is 15.6. The van der Waals surface area contributed by atoms with E-state index in [2.05, 4.69) is 15.4 Å². The lowest BCUT2D eigenvalue weighted by atomic mass is 10.2. The molecule has 0 bridgehead atoms. The summed E-state index contributed by atoms with van der Waals surface area (Å²) in [6.45, 7) is 0. The summed E-state index contributed by atoms with van der Waals surface area (Å²) >= 11 is 0. The molecule has 1 amide bonds. The van der Waals surface area contributed by atoms with Gasteiger partial charge >= 0.3 is 0 Å². The average Bonchev–Trinajstić information content (AvgIpc) is 2.94. The molecule has 1 saturated carbocycles. The first-order valence-corrected chi connectivity index (χ1v) is 5.73. The Bertz CT molecular complexity index is 557. The van der Waals surface area contributed by atoms with E-state index in [9.17, 15) is 4.79 Å². The van der Waals surface area contributed by atoms with Crippen LogP contribution >= 0.6 is 0 Å². The minimum Gasteiger partial charge on any atom is -0.324 e. The fourth-order valence-corrected chi connectivity index (χ4v) is 1.66. The number of anilines is 1. The standard InChI is InChI=1S/C12H13N5O/c13-12(5-6-12)11(18)16-9-1-3-10(4-2-9)17-8-14-7-15-17/h1-4,7-8H,5-6,13H2,(H,16,18). The van der Waals surface area contributed by atoms with Crippen LogP contribution in [-0.2, 0) is 4.79 Å². The van der Waals surface area contributed by atoms with Crippen molar-refractivity contribution in [2.75, 3.05) is 5.32 Å². The minimum absolute atomic E-state index is 0.115. The van der Waals surface area contributed by atoms with E-state index >= 15 is 0 Å². The Hall–Kier alpha value is -2.21. The molecule has 1 fully saturated rings. The molecule has 0 radical (unpaired) electrons. The highest BCUT2D eigenvalue weighted by Gasteiger charge is 2.45. The number of aromatic nitrogens is 3. The van der Waals surface area contributed by atoms with Crippen LogP contribution in [0.4, 0.5) is 5.69 Å². The number of carbonyl (C=O) groups excluding carboxylic acids is 1. The maximum Gasteiger partial charge on any atom is 0.244 e. The molecule has 0 spiro atoms. The van der Waals surface area contributed by atoms with Gasteiger partial charge in [-0.1, -0.05) is 0 Å². The van der Waals surface area contributed by atoms with Crippen molar-refractivity contribution < 1.29 is 4.79 Å². The van der Waals surface area contributed by atoms with Crippen LogP contribution in [0.15, 0.2) is 36.9 Å². The molecule has 3 N–H and O–H groups in total. The minimum atomic E-state index is -0.648. The summed E-state index contributed by atoms with van der Waals surface area (Å²) in [6.07, 6.45) is 4.61. The van der Waals surface area contributed by atoms with Gasteiger partial charge < -0.3 is 11.1 Å². The fourth-order valence-electron chi connectivity index (χ4n) is 1.66. The van der Waals surface area contributed by atoms with E-state index in [-0.39, 0.29) is 5.91 Å². The Balaban J connectivity index is 1.73. The summed E-state index contributed by atoms with van der Waals surface area (Å²) in [5.74, 6) is -0.115. The molecule has 6 nitrogen and oxygen atoms in total. The maximum atomic E-state index is 11.7. The number of nitrogens with one attached hydrogen (secondary N) is 1. The normalized spacial score (nSPS) is 16.3. The highest BCUT2D eigenvalue weighted by Crippen LogP contribution is 2.33. The largest absolute Gasteiger partial charge is 0.324 e. The van der Waals surface area contributed by atoms with Gasteiger partial charge in [0.05, 0.1) is 11.2 Å². The summed E-state index contributed by atoms with van der Waals surface area (Å²) in [5.41, 5.74) is 6.79. The molecule has 0 atom stereocenters. The molecule has 1 aliphatic carbocycles. The Morgan fingerprint density at radius 1 is 1.33 bits per heavy atom. The first kappa shape index (κ1) is 10.9. The molecular weight excluding hydrogens is 230 g/mol. The van der Waals surface area contributed by atoms with Gasteiger partial charge in [-0.25, -0.2) is 9.67 Å². The van der Waals surface area contributed by atoms with Crippen LogP contribution in [0.3, 0.4) is 0 Å². The number of rotatable bonds is 3. The third-order valence-electron chi connectivity index (χ3n) is 3.05. The van der Waals surface area contributed by atoms with Crippen molar-refractivity contribution in [1.82, 2.24) is 14.8 Å². The first-order valence-electron chi connectivity index (χ1n) is 5.73. The molecule has 18 heavy (non-hydrogen) atoms. The molecule has 1 aromatic heterocycles. The molecule has 1 heterocycles. The second kappa shape index (κ2) is 3.92. The second-order valence-electron chi connectivity index (χ2n) is 4.50. The van der Waals surface area contributed by atoms with Crippen LogP contribution in [0.1, 0.15) is 12.8 Å². The van der Waals surface area contributed by atoms with Gasteiger partial charge in [0.2, 0.25) is 5.91 Å². The third-order valence-corrected chi connectivity index (χ3v) is 3.05. The molecule has 92 valence electrons. The Morgan fingerprint density at radius 3 is 2.61 bits per heavy atom. The van der Waals surface area contributed by atoms with Crippen molar-refractivity contribution in [3.63, 3.8) is 0 Å². The predicted octanol–water partition coefficient (Wildman–Crippen LogP) is 0.697. The van der Waals surface area contributed by atoms with Gasteiger partial charge in [-0.05, 0) is 37.1 Å². The molecule has 0 unspecified atom stereocenters. The van der Waals surface area contributed by atoms with Crippen molar-refractivity contribution in [3.8, 4) is 5.69 Å². The zero-order valence-electron chi connectivity index (χ0n) is 9.71. The predicted molar refractivity (Wildman–Crippen MR) is 66.1 cm³/mol. The molecule has 1 aliphatic rings. The molecule has 3 rings (SSSR count). The fraction of sp³-hybridized carbons (Fsp3) is 0.250. The molecule has 6 heteroatoms. The SMILES string of the molecule is NC1(C(=O)Nc2ccc(-n3cncn3)cc2)CC1. The van der Waals surface area contributed by atoms with E-state index in [4.69, 9.17) is 5.73 Å². The van der Waals surface area contributed by atoms with Gasteiger partial charge in [0, 0.05) is 5.69 Å². The van der Waals surface area contributed by atoms with E-state index in [1.807, 2.05) is 24.3 Å². The van der Waals surface area contributed by atoms with Gasteiger partial charge in [-0.15, -0.1) is 0 Å².